The molecule has 0 aromatic heterocycles. The van der Waals surface area contributed by atoms with Gasteiger partial charge in [-0.15, -0.1) is 5.48 Å². The number of hydrogen-bond donors (Lipinski definition) is 0. The molecule has 0 saturated heterocycles. The maximum Gasteiger partial charge on any atom is 0.119 e. The van der Waals surface area contributed by atoms with Crippen molar-refractivity contribution in [1.82, 2.24) is 0 Å². The molecule has 0 heterocycles. The Labute approximate surface area is 153 Å². The molecule has 0 aliphatic carbocycles. The monoisotopic (exact) mass is 355 g/mol. The topological polar surface area (TPSA) is 32.3 Å². The molecule has 0 bridgehead atoms. The highest BCUT2D eigenvalue weighted by atomic mass is 31.1. The van der Waals surface area contributed by atoms with E-state index >= 15 is 0 Å². The van der Waals surface area contributed by atoms with E-state index in [4.69, 9.17) is 4.74 Å². The molecule has 25 heavy (non-hydrogen) atoms. The molecule has 2 aromatic carbocycles. The lowest BCUT2D eigenvalue weighted by atomic mass is 9.84. The Morgan fingerprint density at radius 2 is 1.60 bits per heavy atom. The summed E-state index contributed by atoms with van der Waals surface area (Å²) in [7, 11) is 0.716. The first kappa shape index (κ1) is 19.7. The number of benzene rings is 2. The van der Waals surface area contributed by atoms with E-state index in [1.165, 1.54) is 5.56 Å². The molecule has 0 radical (unpaired) electrons. The predicted molar refractivity (Wildman–Crippen MR) is 108 cm³/mol. The van der Waals surface area contributed by atoms with Crippen molar-refractivity contribution in [1.29, 1.82) is 0 Å². The van der Waals surface area contributed by atoms with Crippen LogP contribution in [0.2, 0.25) is 0 Å². The molecule has 0 atom stereocenters. The van der Waals surface area contributed by atoms with E-state index in [2.05, 4.69) is 32.9 Å². The fourth-order valence-corrected chi connectivity index (χ4v) is 3.98. The van der Waals surface area contributed by atoms with E-state index in [-0.39, 0.29) is 10.9 Å². The molecule has 0 aliphatic rings. The SMILES string of the molecule is CCOc1ccc(P=C([O-])c2c(C)cc(C(C)(C)C)cc2C)c(C)c1. The van der Waals surface area contributed by atoms with E-state index < -0.39 is 0 Å². The third-order valence-electron chi connectivity index (χ3n) is 4.31. The number of ether oxygens (including phenoxy) is 1. The summed E-state index contributed by atoms with van der Waals surface area (Å²) in [5.41, 5.74) is 5.57. The van der Waals surface area contributed by atoms with Crippen molar-refractivity contribution in [3.8, 4) is 5.75 Å². The predicted octanol–water partition coefficient (Wildman–Crippen LogP) is 4.42. The van der Waals surface area contributed by atoms with Gasteiger partial charge in [0.25, 0.3) is 0 Å². The van der Waals surface area contributed by atoms with Crippen LogP contribution in [-0.4, -0.2) is 12.1 Å². The summed E-state index contributed by atoms with van der Waals surface area (Å²) in [4.78, 5) is 0. The van der Waals surface area contributed by atoms with Gasteiger partial charge in [-0.3, -0.25) is 0 Å². The van der Waals surface area contributed by atoms with Crippen molar-refractivity contribution in [2.45, 2.75) is 53.9 Å². The molecule has 2 nitrogen and oxygen atoms in total. The molecule has 0 saturated carbocycles. The Balaban J connectivity index is 2.44. The van der Waals surface area contributed by atoms with Gasteiger partial charge in [-0.25, -0.2) is 0 Å². The second kappa shape index (κ2) is 7.72. The van der Waals surface area contributed by atoms with Gasteiger partial charge in [0.15, 0.2) is 0 Å². The Morgan fingerprint density at radius 3 is 2.08 bits per heavy atom. The molecular formula is C22H28O2P-. The minimum absolute atomic E-state index is 0.0838. The van der Waals surface area contributed by atoms with Crippen LogP contribution in [0.15, 0.2) is 30.3 Å². The van der Waals surface area contributed by atoms with Gasteiger partial charge in [-0.1, -0.05) is 41.1 Å². The van der Waals surface area contributed by atoms with Crippen molar-refractivity contribution in [2.75, 3.05) is 6.61 Å². The molecule has 2 rings (SSSR count). The summed E-state index contributed by atoms with van der Waals surface area (Å²) in [5, 5.41) is 14.0. The lowest BCUT2D eigenvalue weighted by Gasteiger charge is -2.25. The third kappa shape index (κ3) is 4.71. The first-order valence-corrected chi connectivity index (χ1v) is 9.64. The summed E-state index contributed by atoms with van der Waals surface area (Å²) in [6, 6.07) is 10.2. The first-order valence-electron chi connectivity index (χ1n) is 8.74. The lowest BCUT2D eigenvalue weighted by molar-refractivity contribution is -0.207. The van der Waals surface area contributed by atoms with Gasteiger partial charge in [0.05, 0.1) is 6.61 Å². The summed E-state index contributed by atoms with van der Waals surface area (Å²) >= 11 is 0. The van der Waals surface area contributed by atoms with E-state index in [0.29, 0.717) is 14.8 Å². The Hall–Kier alpha value is -1.63. The third-order valence-corrected chi connectivity index (χ3v) is 5.48. The summed E-state index contributed by atoms with van der Waals surface area (Å²) in [5.74, 6) is 0.855. The summed E-state index contributed by atoms with van der Waals surface area (Å²) in [6.07, 6.45) is 0. The van der Waals surface area contributed by atoms with Crippen molar-refractivity contribution < 1.29 is 9.84 Å². The van der Waals surface area contributed by atoms with Gasteiger partial charge in [0.1, 0.15) is 5.75 Å². The quantitative estimate of drug-likeness (QED) is 0.761. The zero-order chi connectivity index (χ0) is 18.8. The maximum atomic E-state index is 12.9. The van der Waals surface area contributed by atoms with Crippen molar-refractivity contribution in [3.05, 3.63) is 58.1 Å². The summed E-state index contributed by atoms with van der Waals surface area (Å²) in [6.45, 7) is 15.3. The van der Waals surface area contributed by atoms with Gasteiger partial charge in [0, 0.05) is 5.30 Å². The van der Waals surface area contributed by atoms with Crippen LogP contribution in [0.5, 0.6) is 5.75 Å². The van der Waals surface area contributed by atoms with Crippen LogP contribution in [0, 0.1) is 20.8 Å². The van der Waals surface area contributed by atoms with Gasteiger partial charge < -0.3 is 9.84 Å². The Morgan fingerprint density at radius 1 is 1.00 bits per heavy atom. The van der Waals surface area contributed by atoms with Gasteiger partial charge in [-0.05, 0) is 79.1 Å². The van der Waals surface area contributed by atoms with Crippen LogP contribution < -0.4 is 15.1 Å². The number of rotatable bonds is 4. The Bertz CT molecular complexity index is 775. The molecule has 3 heteroatoms. The second-order valence-electron chi connectivity index (χ2n) is 7.53. The average Bonchev–Trinajstić information content (AvgIpc) is 2.48. The molecule has 0 amide bonds. The molecule has 134 valence electrons. The van der Waals surface area contributed by atoms with Crippen molar-refractivity contribution >= 4 is 19.0 Å². The smallest absolute Gasteiger partial charge is 0.119 e. The highest BCUT2D eigenvalue weighted by Gasteiger charge is 2.16. The van der Waals surface area contributed by atoms with Crippen LogP contribution in [-0.2, 0) is 5.41 Å². The Kier molecular flexibility index (Phi) is 6.08. The number of aryl methyl sites for hydroxylation is 3. The fourth-order valence-electron chi connectivity index (χ4n) is 2.91. The molecule has 0 aliphatic heterocycles. The molecular weight excluding hydrogens is 327 g/mol. The molecule has 0 spiro atoms. The normalized spacial score (nSPS) is 12.4. The second-order valence-corrected chi connectivity index (χ2v) is 8.64. The van der Waals surface area contributed by atoms with Crippen LogP contribution in [0.4, 0.5) is 0 Å². The molecule has 2 aromatic rings. The summed E-state index contributed by atoms with van der Waals surface area (Å²) < 4.78 is 5.53. The minimum Gasteiger partial charge on any atom is -0.823 e. The van der Waals surface area contributed by atoms with Gasteiger partial charge in [0.2, 0.25) is 0 Å². The highest BCUT2D eigenvalue weighted by molar-refractivity contribution is 7.49. The van der Waals surface area contributed by atoms with Crippen molar-refractivity contribution in [3.63, 3.8) is 0 Å². The largest absolute Gasteiger partial charge is 0.823 e. The zero-order valence-electron chi connectivity index (χ0n) is 16.4. The lowest BCUT2D eigenvalue weighted by Crippen LogP contribution is -2.22. The number of hydrogen-bond acceptors (Lipinski definition) is 2. The fraction of sp³-hybridized carbons (Fsp3) is 0.409. The van der Waals surface area contributed by atoms with Crippen LogP contribution in [0.25, 0.3) is 0 Å². The maximum absolute atomic E-state index is 12.9. The highest BCUT2D eigenvalue weighted by Crippen LogP contribution is 2.27. The molecule has 0 N–H and O–H groups in total. The molecule has 0 fully saturated rings. The van der Waals surface area contributed by atoms with E-state index in [1.807, 2.05) is 45.9 Å². The van der Waals surface area contributed by atoms with Crippen LogP contribution in [0.1, 0.15) is 55.5 Å². The van der Waals surface area contributed by atoms with Crippen molar-refractivity contribution in [2.24, 2.45) is 0 Å². The van der Waals surface area contributed by atoms with E-state index in [9.17, 15) is 5.11 Å². The van der Waals surface area contributed by atoms with E-state index in [1.54, 1.807) is 0 Å². The minimum atomic E-state index is 0.0838. The standard InChI is InChI=1S/C22H29O2P/c1-8-24-18-9-10-19(14(2)13-18)25-21(23)20-15(3)11-17(12-16(20)4)22(5,6)7/h9-13,23H,8H2,1-7H3/p-1. The van der Waals surface area contributed by atoms with Crippen LogP contribution in [0.3, 0.4) is 0 Å². The first-order chi connectivity index (χ1) is 11.6. The zero-order valence-corrected chi connectivity index (χ0v) is 17.3. The van der Waals surface area contributed by atoms with E-state index in [0.717, 1.165) is 33.3 Å². The van der Waals surface area contributed by atoms with Gasteiger partial charge in [-0.2, -0.15) is 0 Å². The van der Waals surface area contributed by atoms with Gasteiger partial charge >= 0.3 is 0 Å². The average molecular weight is 355 g/mol. The van der Waals surface area contributed by atoms with Crippen LogP contribution >= 0.6 is 8.20 Å². The molecule has 0 unspecified atom stereocenters.